The Morgan fingerprint density at radius 1 is 1.03 bits per heavy atom. The quantitative estimate of drug-likeness (QED) is 0.446. The number of hydrogen-bond acceptors (Lipinski definition) is 7. The summed E-state index contributed by atoms with van der Waals surface area (Å²) in [6, 6.07) is 21.0. The van der Waals surface area contributed by atoms with Gasteiger partial charge in [0.05, 0.1) is 12.2 Å². The third-order valence-electron chi connectivity index (χ3n) is 4.45. The number of nitrogens with one attached hydrogen (secondary N) is 2. The Morgan fingerprint density at radius 3 is 2.44 bits per heavy atom. The SMILES string of the molecule is O=C(NCc1cccs1)C(/C=C1\C(=O)ONN1c1ccccc1)=NC(=O)c1ccccc1. The van der Waals surface area contributed by atoms with Gasteiger partial charge in [-0.1, -0.05) is 48.1 Å². The zero-order valence-electron chi connectivity index (χ0n) is 16.7. The van der Waals surface area contributed by atoms with E-state index in [2.05, 4.69) is 15.9 Å². The molecule has 1 aliphatic rings. The number of carbonyl (C=O) groups excluding carboxylic acids is 3. The maximum atomic E-state index is 12.9. The molecule has 0 aliphatic carbocycles. The van der Waals surface area contributed by atoms with E-state index >= 15 is 0 Å². The van der Waals surface area contributed by atoms with E-state index in [9.17, 15) is 14.4 Å². The summed E-state index contributed by atoms with van der Waals surface area (Å²) in [5.41, 5.74) is 3.23. The van der Waals surface area contributed by atoms with E-state index in [-0.39, 0.29) is 18.0 Å². The zero-order valence-corrected chi connectivity index (χ0v) is 17.5. The van der Waals surface area contributed by atoms with Gasteiger partial charge in [-0.2, -0.15) is 0 Å². The van der Waals surface area contributed by atoms with Crippen LogP contribution in [0.5, 0.6) is 0 Å². The molecule has 1 aliphatic heterocycles. The van der Waals surface area contributed by atoms with Crippen LogP contribution < -0.4 is 15.9 Å². The lowest BCUT2D eigenvalue weighted by atomic mass is 10.2. The first-order chi connectivity index (χ1) is 15.6. The standard InChI is InChI=1S/C23H18N4O4S/c28-21(16-8-3-1-4-9-16)25-19(22(29)24-15-18-12-7-13-32-18)14-20-23(30)31-26-27(20)17-10-5-2-6-11-17/h1-14,26H,15H2,(H,24,29)/b20-14+,25-19?. The minimum atomic E-state index is -0.709. The fraction of sp³-hybridized carbons (Fsp3) is 0.0435. The van der Waals surface area contributed by atoms with Crippen molar-refractivity contribution in [2.75, 3.05) is 5.01 Å². The average molecular weight is 446 g/mol. The highest BCUT2D eigenvalue weighted by atomic mass is 32.1. The van der Waals surface area contributed by atoms with Gasteiger partial charge in [0.15, 0.2) is 5.70 Å². The molecule has 4 rings (SSSR count). The third kappa shape index (κ3) is 4.97. The van der Waals surface area contributed by atoms with Crippen molar-refractivity contribution in [2.24, 2.45) is 4.99 Å². The number of hydrogen-bond donors (Lipinski definition) is 2. The van der Waals surface area contributed by atoms with E-state index < -0.39 is 17.8 Å². The summed E-state index contributed by atoms with van der Waals surface area (Å²) < 4.78 is 0. The number of anilines is 1. The van der Waals surface area contributed by atoms with Crippen molar-refractivity contribution in [3.63, 3.8) is 0 Å². The second kappa shape index (κ2) is 9.82. The first kappa shape index (κ1) is 21.2. The number of aliphatic imine (C=N–C) groups is 1. The molecule has 1 aromatic heterocycles. The monoisotopic (exact) mass is 446 g/mol. The van der Waals surface area contributed by atoms with Gasteiger partial charge in [-0.05, 0) is 35.7 Å². The minimum Gasteiger partial charge on any atom is -0.346 e. The van der Waals surface area contributed by atoms with Gasteiger partial charge in [0.25, 0.3) is 11.8 Å². The van der Waals surface area contributed by atoms with Crippen LogP contribution in [0.3, 0.4) is 0 Å². The molecule has 0 spiro atoms. The molecule has 0 radical (unpaired) electrons. The molecule has 0 bridgehead atoms. The van der Waals surface area contributed by atoms with Gasteiger partial charge < -0.3 is 10.2 Å². The molecule has 1 fully saturated rings. The Labute approximate surface area is 187 Å². The predicted octanol–water partition coefficient (Wildman–Crippen LogP) is 3.01. The number of amides is 2. The summed E-state index contributed by atoms with van der Waals surface area (Å²) >= 11 is 1.49. The molecule has 0 unspecified atom stereocenters. The van der Waals surface area contributed by atoms with E-state index in [0.29, 0.717) is 11.3 Å². The lowest BCUT2D eigenvalue weighted by molar-refractivity contribution is -0.140. The maximum absolute atomic E-state index is 12.9. The first-order valence-corrected chi connectivity index (χ1v) is 10.5. The van der Waals surface area contributed by atoms with Crippen molar-refractivity contribution in [3.8, 4) is 0 Å². The van der Waals surface area contributed by atoms with Gasteiger partial charge in [0.1, 0.15) is 5.71 Å². The summed E-state index contributed by atoms with van der Waals surface area (Å²) in [7, 11) is 0. The fourth-order valence-corrected chi connectivity index (χ4v) is 3.52. The van der Waals surface area contributed by atoms with Crippen molar-refractivity contribution in [1.82, 2.24) is 10.9 Å². The Bertz CT molecular complexity index is 1180. The van der Waals surface area contributed by atoms with Gasteiger partial charge in [-0.15, -0.1) is 11.3 Å². The number of benzene rings is 2. The van der Waals surface area contributed by atoms with Crippen molar-refractivity contribution in [2.45, 2.75) is 6.54 Å². The number of nitrogens with zero attached hydrogens (tertiary/aromatic N) is 2. The van der Waals surface area contributed by atoms with Gasteiger partial charge >= 0.3 is 5.97 Å². The highest BCUT2D eigenvalue weighted by Crippen LogP contribution is 2.21. The molecule has 8 nitrogen and oxygen atoms in total. The van der Waals surface area contributed by atoms with Crippen LogP contribution in [0.2, 0.25) is 0 Å². The van der Waals surface area contributed by atoms with Gasteiger partial charge in [0.2, 0.25) is 0 Å². The van der Waals surface area contributed by atoms with E-state index in [1.807, 2.05) is 23.6 Å². The largest absolute Gasteiger partial charge is 0.376 e. The molecule has 2 heterocycles. The third-order valence-corrected chi connectivity index (χ3v) is 5.32. The fourth-order valence-electron chi connectivity index (χ4n) is 2.88. The van der Waals surface area contributed by atoms with Crippen LogP contribution >= 0.6 is 11.3 Å². The normalized spacial score (nSPS) is 15.0. The van der Waals surface area contributed by atoms with E-state index in [4.69, 9.17) is 4.84 Å². The number of thiophene rings is 1. The highest BCUT2D eigenvalue weighted by molar-refractivity contribution is 7.09. The molecule has 2 aromatic carbocycles. The number of rotatable bonds is 6. The smallest absolute Gasteiger partial charge is 0.346 e. The van der Waals surface area contributed by atoms with Crippen LogP contribution in [0, 0.1) is 0 Å². The van der Waals surface area contributed by atoms with E-state index in [1.165, 1.54) is 22.4 Å². The first-order valence-electron chi connectivity index (χ1n) is 9.64. The molecule has 1 saturated heterocycles. The van der Waals surface area contributed by atoms with Gasteiger partial charge in [-0.25, -0.2) is 14.8 Å². The Kier molecular flexibility index (Phi) is 6.49. The van der Waals surface area contributed by atoms with Crippen LogP contribution in [0.1, 0.15) is 15.2 Å². The van der Waals surface area contributed by atoms with Crippen molar-refractivity contribution < 1.29 is 19.2 Å². The molecule has 9 heteroatoms. The minimum absolute atomic E-state index is 0.0158. The molecule has 2 amide bonds. The van der Waals surface area contributed by atoms with E-state index in [1.54, 1.807) is 54.6 Å². The Balaban J connectivity index is 1.67. The van der Waals surface area contributed by atoms with Crippen LogP contribution in [0.15, 0.2) is 94.9 Å². The Hall–Kier alpha value is -4.08. The molecular formula is C23H18N4O4S. The molecular weight excluding hydrogens is 428 g/mol. The molecule has 3 aromatic rings. The highest BCUT2D eigenvalue weighted by Gasteiger charge is 2.30. The lowest BCUT2D eigenvalue weighted by Gasteiger charge is -2.15. The van der Waals surface area contributed by atoms with Crippen molar-refractivity contribution >= 4 is 40.5 Å². The summed E-state index contributed by atoms with van der Waals surface area (Å²) in [5, 5.41) is 6.01. The molecule has 0 atom stereocenters. The predicted molar refractivity (Wildman–Crippen MR) is 121 cm³/mol. The van der Waals surface area contributed by atoms with E-state index in [0.717, 1.165) is 4.88 Å². The topological polar surface area (TPSA) is 100 Å². The van der Waals surface area contributed by atoms with Crippen LogP contribution in [-0.4, -0.2) is 23.5 Å². The summed E-state index contributed by atoms with van der Waals surface area (Å²) in [6.45, 7) is 0.267. The summed E-state index contributed by atoms with van der Waals surface area (Å²) in [4.78, 5) is 47.8. The summed E-state index contributed by atoms with van der Waals surface area (Å²) in [5.74, 6) is -1.91. The molecule has 0 saturated carbocycles. The number of hydrazine groups is 1. The van der Waals surface area contributed by atoms with Gasteiger partial charge in [0, 0.05) is 16.5 Å². The van der Waals surface area contributed by atoms with Crippen LogP contribution in [0.4, 0.5) is 5.69 Å². The zero-order chi connectivity index (χ0) is 22.3. The second-order valence-electron chi connectivity index (χ2n) is 6.61. The summed E-state index contributed by atoms with van der Waals surface area (Å²) in [6.07, 6.45) is 1.24. The number of para-hydroxylation sites is 1. The maximum Gasteiger partial charge on any atom is 0.376 e. The molecule has 32 heavy (non-hydrogen) atoms. The van der Waals surface area contributed by atoms with Crippen molar-refractivity contribution in [1.29, 1.82) is 0 Å². The molecule has 2 N–H and O–H groups in total. The Morgan fingerprint density at radius 2 is 1.75 bits per heavy atom. The van der Waals surface area contributed by atoms with Crippen LogP contribution in [-0.2, 0) is 21.0 Å². The second-order valence-corrected chi connectivity index (χ2v) is 7.64. The average Bonchev–Trinajstić information content (AvgIpc) is 3.48. The van der Waals surface area contributed by atoms with Crippen molar-refractivity contribution in [3.05, 3.63) is 100 Å². The number of carbonyl (C=O) groups is 3. The van der Waals surface area contributed by atoms with Crippen LogP contribution in [0.25, 0.3) is 0 Å². The van der Waals surface area contributed by atoms with Gasteiger partial charge in [-0.3, -0.25) is 9.59 Å². The molecule has 160 valence electrons. The lowest BCUT2D eigenvalue weighted by Crippen LogP contribution is -2.33.